The summed E-state index contributed by atoms with van der Waals surface area (Å²) in [6, 6.07) is 13.0. The van der Waals surface area contributed by atoms with Gasteiger partial charge in [-0.25, -0.2) is 9.18 Å². The highest BCUT2D eigenvalue weighted by atomic mass is 19.1. The van der Waals surface area contributed by atoms with Gasteiger partial charge in [0.2, 0.25) is 5.91 Å². The van der Waals surface area contributed by atoms with Crippen LogP contribution in [0, 0.1) is 17.1 Å². The van der Waals surface area contributed by atoms with Gasteiger partial charge < -0.3 is 10.4 Å². The van der Waals surface area contributed by atoms with E-state index in [-0.39, 0.29) is 12.8 Å². The standard InChI is InChI=1S/C18H15FN2O3/c19-15-6-2-4-13(8-15)10-17(22)21-16(18(23)24)9-12-3-1-5-14(7-12)11-20/h1-8,16H,9-10H2,(H,21,22)(H,23,24)/t16-/m1/s1. The molecular weight excluding hydrogens is 311 g/mol. The van der Waals surface area contributed by atoms with Crippen LogP contribution in [0.1, 0.15) is 16.7 Å². The monoisotopic (exact) mass is 326 g/mol. The molecule has 5 nitrogen and oxygen atoms in total. The Bertz CT molecular complexity index is 799. The van der Waals surface area contributed by atoms with Crippen LogP contribution in [0.15, 0.2) is 48.5 Å². The number of carboxylic acid groups (broad SMARTS) is 1. The fraction of sp³-hybridized carbons (Fsp3) is 0.167. The summed E-state index contributed by atoms with van der Waals surface area (Å²) in [4.78, 5) is 23.4. The van der Waals surface area contributed by atoms with E-state index >= 15 is 0 Å². The lowest BCUT2D eigenvalue weighted by molar-refractivity contribution is -0.141. The van der Waals surface area contributed by atoms with Gasteiger partial charge >= 0.3 is 5.97 Å². The van der Waals surface area contributed by atoms with Gasteiger partial charge in [-0.15, -0.1) is 0 Å². The second kappa shape index (κ2) is 7.88. The molecule has 2 N–H and O–H groups in total. The number of nitrogens with zero attached hydrogens (tertiary/aromatic N) is 1. The number of nitriles is 1. The molecule has 2 aromatic rings. The van der Waals surface area contributed by atoms with Crippen LogP contribution in [0.4, 0.5) is 4.39 Å². The van der Waals surface area contributed by atoms with Gasteiger partial charge in [-0.2, -0.15) is 5.26 Å². The largest absolute Gasteiger partial charge is 0.480 e. The molecule has 2 aromatic carbocycles. The topological polar surface area (TPSA) is 90.2 Å². The molecule has 0 aliphatic carbocycles. The van der Waals surface area contributed by atoms with Crippen LogP contribution in [0.25, 0.3) is 0 Å². The second-order valence-corrected chi connectivity index (χ2v) is 5.28. The van der Waals surface area contributed by atoms with E-state index in [1.54, 1.807) is 30.3 Å². The van der Waals surface area contributed by atoms with Gasteiger partial charge in [0.1, 0.15) is 11.9 Å². The molecular formula is C18H15FN2O3. The highest BCUT2D eigenvalue weighted by Gasteiger charge is 2.20. The van der Waals surface area contributed by atoms with Crippen molar-refractivity contribution in [3.05, 3.63) is 71.0 Å². The summed E-state index contributed by atoms with van der Waals surface area (Å²) in [6.07, 6.45) is -0.0560. The third-order valence-electron chi connectivity index (χ3n) is 3.38. The van der Waals surface area contributed by atoms with Crippen molar-refractivity contribution in [3.8, 4) is 6.07 Å². The molecule has 2 rings (SSSR count). The minimum absolute atomic E-state index is 0.0553. The molecule has 0 saturated carbocycles. The molecule has 0 radical (unpaired) electrons. The summed E-state index contributed by atoms with van der Waals surface area (Å²) < 4.78 is 13.1. The van der Waals surface area contributed by atoms with Gasteiger partial charge in [-0.3, -0.25) is 4.79 Å². The van der Waals surface area contributed by atoms with E-state index in [9.17, 15) is 19.1 Å². The number of aliphatic carboxylic acids is 1. The molecule has 0 saturated heterocycles. The summed E-state index contributed by atoms with van der Waals surface area (Å²) in [5.74, 6) is -2.14. The number of halogens is 1. The molecule has 0 aliphatic rings. The van der Waals surface area contributed by atoms with Crippen LogP contribution in [0.2, 0.25) is 0 Å². The van der Waals surface area contributed by atoms with Crippen LogP contribution in [-0.4, -0.2) is 23.0 Å². The summed E-state index contributed by atoms with van der Waals surface area (Å²) in [5.41, 5.74) is 1.51. The molecule has 24 heavy (non-hydrogen) atoms. The third-order valence-corrected chi connectivity index (χ3v) is 3.38. The zero-order valence-corrected chi connectivity index (χ0v) is 12.7. The zero-order valence-electron chi connectivity index (χ0n) is 12.7. The van der Waals surface area contributed by atoms with Crippen LogP contribution in [-0.2, 0) is 22.4 Å². The second-order valence-electron chi connectivity index (χ2n) is 5.28. The first-order valence-electron chi connectivity index (χ1n) is 7.23. The molecule has 0 bridgehead atoms. The molecule has 0 unspecified atom stereocenters. The Morgan fingerprint density at radius 1 is 1.17 bits per heavy atom. The average Bonchev–Trinajstić information content (AvgIpc) is 2.54. The van der Waals surface area contributed by atoms with Gasteiger partial charge in [-0.1, -0.05) is 24.3 Å². The first-order chi connectivity index (χ1) is 11.5. The van der Waals surface area contributed by atoms with Gasteiger partial charge in [0, 0.05) is 6.42 Å². The Labute approximate surface area is 138 Å². The van der Waals surface area contributed by atoms with Gasteiger partial charge in [0.25, 0.3) is 0 Å². The lowest BCUT2D eigenvalue weighted by Gasteiger charge is -2.15. The predicted octanol–water partition coefficient (Wildman–Crippen LogP) is 2.05. The summed E-state index contributed by atoms with van der Waals surface area (Å²) in [6.45, 7) is 0. The quantitative estimate of drug-likeness (QED) is 0.850. The van der Waals surface area contributed by atoms with Crippen LogP contribution < -0.4 is 5.32 Å². The predicted molar refractivity (Wildman–Crippen MR) is 84.5 cm³/mol. The summed E-state index contributed by atoms with van der Waals surface area (Å²) in [5, 5.41) is 20.6. The van der Waals surface area contributed by atoms with Crippen molar-refractivity contribution in [2.24, 2.45) is 0 Å². The first-order valence-corrected chi connectivity index (χ1v) is 7.23. The molecule has 0 aromatic heterocycles. The fourth-order valence-corrected chi connectivity index (χ4v) is 2.28. The SMILES string of the molecule is N#Cc1cccc(C[C@@H](NC(=O)Cc2cccc(F)c2)C(=O)O)c1. The van der Waals surface area contributed by atoms with Crippen molar-refractivity contribution in [1.29, 1.82) is 5.26 Å². The van der Waals surface area contributed by atoms with Crippen molar-refractivity contribution in [2.45, 2.75) is 18.9 Å². The number of rotatable bonds is 6. The third kappa shape index (κ3) is 4.92. The highest BCUT2D eigenvalue weighted by Crippen LogP contribution is 2.09. The molecule has 0 fully saturated rings. The first kappa shape index (κ1) is 17.2. The van der Waals surface area contributed by atoms with E-state index in [0.717, 1.165) is 0 Å². The number of nitrogens with one attached hydrogen (secondary N) is 1. The van der Waals surface area contributed by atoms with Crippen molar-refractivity contribution in [3.63, 3.8) is 0 Å². The number of carboxylic acids is 1. The minimum Gasteiger partial charge on any atom is -0.480 e. The normalized spacial score (nSPS) is 11.3. The number of hydrogen-bond donors (Lipinski definition) is 2. The van der Waals surface area contributed by atoms with E-state index in [0.29, 0.717) is 16.7 Å². The van der Waals surface area contributed by atoms with Crippen molar-refractivity contribution < 1.29 is 19.1 Å². The molecule has 0 aliphatic heterocycles. The van der Waals surface area contributed by atoms with Crippen molar-refractivity contribution >= 4 is 11.9 Å². The molecule has 0 spiro atoms. The molecule has 122 valence electrons. The molecule has 6 heteroatoms. The lowest BCUT2D eigenvalue weighted by Crippen LogP contribution is -2.43. The number of benzene rings is 2. The lowest BCUT2D eigenvalue weighted by atomic mass is 10.0. The Morgan fingerprint density at radius 3 is 2.54 bits per heavy atom. The maximum absolute atomic E-state index is 13.1. The fourth-order valence-electron chi connectivity index (χ4n) is 2.28. The van der Waals surface area contributed by atoms with Gasteiger partial charge in [-0.05, 0) is 35.4 Å². The molecule has 0 heterocycles. The Kier molecular flexibility index (Phi) is 5.63. The van der Waals surface area contributed by atoms with Crippen molar-refractivity contribution in [2.75, 3.05) is 0 Å². The van der Waals surface area contributed by atoms with E-state index < -0.39 is 23.7 Å². The van der Waals surface area contributed by atoms with E-state index in [2.05, 4.69) is 5.32 Å². The molecule has 1 atom stereocenters. The Balaban J connectivity index is 2.04. The van der Waals surface area contributed by atoms with Crippen LogP contribution in [0.5, 0.6) is 0 Å². The van der Waals surface area contributed by atoms with E-state index in [4.69, 9.17) is 5.26 Å². The smallest absolute Gasteiger partial charge is 0.326 e. The van der Waals surface area contributed by atoms with E-state index in [1.807, 2.05) is 6.07 Å². The van der Waals surface area contributed by atoms with Gasteiger partial charge in [0.15, 0.2) is 0 Å². The number of carbonyl (C=O) groups is 2. The highest BCUT2D eigenvalue weighted by molar-refractivity contribution is 5.85. The Hall–Kier alpha value is -3.20. The Morgan fingerprint density at radius 2 is 1.88 bits per heavy atom. The minimum atomic E-state index is -1.18. The summed E-state index contributed by atoms with van der Waals surface area (Å²) >= 11 is 0. The van der Waals surface area contributed by atoms with E-state index in [1.165, 1.54) is 18.2 Å². The number of hydrogen-bond acceptors (Lipinski definition) is 3. The number of amides is 1. The maximum atomic E-state index is 13.1. The van der Waals surface area contributed by atoms with Crippen LogP contribution in [0.3, 0.4) is 0 Å². The maximum Gasteiger partial charge on any atom is 0.326 e. The number of carbonyl (C=O) groups excluding carboxylic acids is 1. The summed E-state index contributed by atoms with van der Waals surface area (Å²) in [7, 11) is 0. The molecule has 1 amide bonds. The van der Waals surface area contributed by atoms with Crippen LogP contribution >= 0.6 is 0 Å². The average molecular weight is 326 g/mol. The van der Waals surface area contributed by atoms with Crippen molar-refractivity contribution in [1.82, 2.24) is 5.32 Å². The zero-order chi connectivity index (χ0) is 17.5. The van der Waals surface area contributed by atoms with Gasteiger partial charge in [0.05, 0.1) is 18.1 Å².